The Balaban J connectivity index is 2.44. The van der Waals surface area contributed by atoms with Gasteiger partial charge in [-0.15, -0.1) is 0 Å². The quantitative estimate of drug-likeness (QED) is 0.872. The normalized spacial score (nSPS) is 28.1. The van der Waals surface area contributed by atoms with Crippen molar-refractivity contribution in [1.82, 2.24) is 5.32 Å². The zero-order chi connectivity index (χ0) is 12.5. The Bertz CT molecular complexity index is 405. The molecule has 94 valence electrons. The van der Waals surface area contributed by atoms with Crippen molar-refractivity contribution in [3.05, 3.63) is 23.8 Å². The molecule has 1 heterocycles. The van der Waals surface area contributed by atoms with Crippen LogP contribution in [0.5, 0.6) is 11.5 Å². The van der Waals surface area contributed by atoms with Crippen LogP contribution in [0.3, 0.4) is 0 Å². The zero-order valence-corrected chi connectivity index (χ0v) is 11.0. The van der Waals surface area contributed by atoms with Crippen LogP contribution in [0.2, 0.25) is 0 Å². The molecule has 1 aliphatic heterocycles. The van der Waals surface area contributed by atoms with Gasteiger partial charge in [-0.05, 0) is 26.0 Å². The van der Waals surface area contributed by atoms with E-state index in [4.69, 9.17) is 9.47 Å². The molecule has 1 N–H and O–H groups in total. The van der Waals surface area contributed by atoms with Gasteiger partial charge in [0.2, 0.25) is 0 Å². The van der Waals surface area contributed by atoms with Crippen LogP contribution in [0.15, 0.2) is 18.2 Å². The molecule has 1 aromatic carbocycles. The van der Waals surface area contributed by atoms with E-state index in [2.05, 4.69) is 25.2 Å². The third-order valence-corrected chi connectivity index (χ3v) is 4.07. The number of hydrogen-bond donors (Lipinski definition) is 1. The van der Waals surface area contributed by atoms with Crippen molar-refractivity contribution in [3.8, 4) is 11.5 Å². The molecule has 1 aromatic rings. The van der Waals surface area contributed by atoms with Crippen LogP contribution in [0.25, 0.3) is 0 Å². The summed E-state index contributed by atoms with van der Waals surface area (Å²) < 4.78 is 10.7. The lowest BCUT2D eigenvalue weighted by Crippen LogP contribution is -2.35. The lowest BCUT2D eigenvalue weighted by Gasteiger charge is -2.30. The Morgan fingerprint density at radius 3 is 2.59 bits per heavy atom. The van der Waals surface area contributed by atoms with E-state index in [0.29, 0.717) is 6.04 Å². The van der Waals surface area contributed by atoms with Crippen LogP contribution in [0.1, 0.15) is 25.8 Å². The van der Waals surface area contributed by atoms with Gasteiger partial charge in [0.05, 0.1) is 14.2 Å². The third kappa shape index (κ3) is 2.00. The van der Waals surface area contributed by atoms with Crippen LogP contribution in [-0.2, 0) is 5.41 Å². The number of hydrogen-bond acceptors (Lipinski definition) is 3. The maximum atomic E-state index is 5.51. The lowest BCUT2D eigenvalue weighted by atomic mass is 9.76. The van der Waals surface area contributed by atoms with E-state index in [-0.39, 0.29) is 5.41 Å². The Hall–Kier alpha value is -1.22. The van der Waals surface area contributed by atoms with Crippen molar-refractivity contribution in [1.29, 1.82) is 0 Å². The topological polar surface area (TPSA) is 30.5 Å². The molecule has 17 heavy (non-hydrogen) atoms. The minimum absolute atomic E-state index is 0.137. The summed E-state index contributed by atoms with van der Waals surface area (Å²) >= 11 is 0. The van der Waals surface area contributed by atoms with Gasteiger partial charge in [0, 0.05) is 23.1 Å². The molecule has 0 radical (unpaired) electrons. The second kappa shape index (κ2) is 4.57. The van der Waals surface area contributed by atoms with E-state index >= 15 is 0 Å². The summed E-state index contributed by atoms with van der Waals surface area (Å²) in [6.45, 7) is 5.59. The number of nitrogens with one attached hydrogen (secondary N) is 1. The fourth-order valence-electron chi connectivity index (χ4n) is 2.63. The highest BCUT2D eigenvalue weighted by atomic mass is 16.5. The SMILES string of the molecule is COc1ccc(C2(C)CCNC2C)c(OC)c1. The summed E-state index contributed by atoms with van der Waals surface area (Å²) in [4.78, 5) is 0. The van der Waals surface area contributed by atoms with Crippen molar-refractivity contribution in [2.75, 3.05) is 20.8 Å². The Morgan fingerprint density at radius 2 is 2.06 bits per heavy atom. The van der Waals surface area contributed by atoms with Crippen molar-refractivity contribution in [3.63, 3.8) is 0 Å². The summed E-state index contributed by atoms with van der Waals surface area (Å²) in [5.74, 6) is 1.76. The van der Waals surface area contributed by atoms with E-state index < -0.39 is 0 Å². The van der Waals surface area contributed by atoms with Crippen molar-refractivity contribution in [2.45, 2.75) is 31.7 Å². The molecule has 0 amide bonds. The van der Waals surface area contributed by atoms with Crippen LogP contribution in [-0.4, -0.2) is 26.8 Å². The largest absolute Gasteiger partial charge is 0.497 e. The fourth-order valence-corrected chi connectivity index (χ4v) is 2.63. The first-order chi connectivity index (χ1) is 8.11. The van der Waals surface area contributed by atoms with Crippen LogP contribution in [0.4, 0.5) is 0 Å². The lowest BCUT2D eigenvalue weighted by molar-refractivity contribution is 0.363. The van der Waals surface area contributed by atoms with Gasteiger partial charge in [-0.25, -0.2) is 0 Å². The molecular formula is C14H21NO2. The molecule has 1 aliphatic rings. The highest BCUT2D eigenvalue weighted by Crippen LogP contribution is 2.41. The molecule has 2 rings (SSSR count). The Morgan fingerprint density at radius 1 is 1.29 bits per heavy atom. The second-order valence-corrected chi connectivity index (χ2v) is 4.91. The van der Waals surface area contributed by atoms with Gasteiger partial charge >= 0.3 is 0 Å². The predicted octanol–water partition coefficient (Wildman–Crippen LogP) is 2.34. The summed E-state index contributed by atoms with van der Waals surface area (Å²) in [7, 11) is 3.39. The molecule has 2 unspecified atom stereocenters. The van der Waals surface area contributed by atoms with Crippen molar-refractivity contribution >= 4 is 0 Å². The van der Waals surface area contributed by atoms with E-state index in [1.807, 2.05) is 12.1 Å². The maximum absolute atomic E-state index is 5.51. The summed E-state index contributed by atoms with van der Waals surface area (Å²) in [6.07, 6.45) is 1.14. The molecule has 2 atom stereocenters. The summed E-state index contributed by atoms with van der Waals surface area (Å²) in [5.41, 5.74) is 1.40. The predicted molar refractivity (Wildman–Crippen MR) is 69.0 cm³/mol. The molecule has 1 saturated heterocycles. The first kappa shape index (κ1) is 12.2. The van der Waals surface area contributed by atoms with Crippen molar-refractivity contribution < 1.29 is 9.47 Å². The number of rotatable bonds is 3. The molecule has 0 saturated carbocycles. The number of ether oxygens (including phenoxy) is 2. The van der Waals surface area contributed by atoms with Gasteiger partial charge in [0.15, 0.2) is 0 Å². The first-order valence-corrected chi connectivity index (χ1v) is 6.07. The molecule has 1 fully saturated rings. The van der Waals surface area contributed by atoms with Crippen LogP contribution >= 0.6 is 0 Å². The van der Waals surface area contributed by atoms with Gasteiger partial charge in [0.1, 0.15) is 11.5 Å². The van der Waals surface area contributed by atoms with Gasteiger partial charge in [-0.1, -0.05) is 13.0 Å². The first-order valence-electron chi connectivity index (χ1n) is 6.07. The highest BCUT2D eigenvalue weighted by molar-refractivity contribution is 5.46. The molecule has 0 aromatic heterocycles. The average molecular weight is 235 g/mol. The van der Waals surface area contributed by atoms with E-state index in [9.17, 15) is 0 Å². The average Bonchev–Trinajstić information content (AvgIpc) is 2.69. The smallest absolute Gasteiger partial charge is 0.126 e. The van der Waals surface area contributed by atoms with Gasteiger partial charge in [0.25, 0.3) is 0 Å². The van der Waals surface area contributed by atoms with Crippen LogP contribution < -0.4 is 14.8 Å². The number of methoxy groups -OCH3 is 2. The summed E-state index contributed by atoms with van der Waals surface area (Å²) in [6, 6.07) is 6.56. The minimum Gasteiger partial charge on any atom is -0.497 e. The van der Waals surface area contributed by atoms with E-state index in [1.165, 1.54) is 5.56 Å². The van der Waals surface area contributed by atoms with Crippen molar-refractivity contribution in [2.24, 2.45) is 0 Å². The van der Waals surface area contributed by atoms with Gasteiger partial charge in [-0.2, -0.15) is 0 Å². The zero-order valence-electron chi connectivity index (χ0n) is 11.0. The fraction of sp³-hybridized carbons (Fsp3) is 0.571. The maximum Gasteiger partial charge on any atom is 0.126 e. The van der Waals surface area contributed by atoms with E-state index in [0.717, 1.165) is 24.5 Å². The third-order valence-electron chi connectivity index (χ3n) is 4.07. The monoisotopic (exact) mass is 235 g/mol. The minimum atomic E-state index is 0.137. The Kier molecular flexibility index (Phi) is 3.29. The molecule has 3 nitrogen and oxygen atoms in total. The molecule has 0 aliphatic carbocycles. The van der Waals surface area contributed by atoms with Crippen LogP contribution in [0, 0.1) is 0 Å². The molecular weight excluding hydrogens is 214 g/mol. The molecule has 3 heteroatoms. The van der Waals surface area contributed by atoms with E-state index in [1.54, 1.807) is 14.2 Å². The standard InChI is InChI=1S/C14H21NO2/c1-10-14(2,7-8-15-10)12-6-5-11(16-3)9-13(12)17-4/h5-6,9-10,15H,7-8H2,1-4H3. The van der Waals surface area contributed by atoms with Gasteiger partial charge in [-0.3, -0.25) is 0 Å². The molecule has 0 bridgehead atoms. The number of benzene rings is 1. The molecule has 0 spiro atoms. The second-order valence-electron chi connectivity index (χ2n) is 4.91. The Labute approximate surface area is 103 Å². The van der Waals surface area contributed by atoms with Gasteiger partial charge < -0.3 is 14.8 Å². The highest BCUT2D eigenvalue weighted by Gasteiger charge is 2.39. The summed E-state index contributed by atoms with van der Waals surface area (Å²) in [5, 5.41) is 3.50.